The molecule has 0 aliphatic heterocycles. The van der Waals surface area contributed by atoms with Crippen LogP contribution in [0.5, 0.6) is 5.75 Å². The molecule has 0 bridgehead atoms. The molecule has 44 heavy (non-hydrogen) atoms. The van der Waals surface area contributed by atoms with Crippen molar-refractivity contribution >= 4 is 53.2 Å². The van der Waals surface area contributed by atoms with E-state index in [0.717, 1.165) is 10.9 Å². The van der Waals surface area contributed by atoms with Gasteiger partial charge in [-0.05, 0) is 42.2 Å². The number of aliphatic carboxylic acids is 1. The van der Waals surface area contributed by atoms with Crippen molar-refractivity contribution in [2.75, 3.05) is 12.3 Å². The van der Waals surface area contributed by atoms with Gasteiger partial charge < -0.3 is 48.3 Å². The molecule has 12 N–H and O–H groups in total. The summed E-state index contributed by atoms with van der Waals surface area (Å²) in [6, 6.07) is 8.81. The number of benzene rings is 2. The summed E-state index contributed by atoms with van der Waals surface area (Å²) in [7, 11) is 0. The number of hydrogen-bond donors (Lipinski definition) is 10. The highest BCUT2D eigenvalue weighted by atomic mass is 32.1. The molecule has 0 saturated carbocycles. The highest BCUT2D eigenvalue weighted by molar-refractivity contribution is 7.80. The van der Waals surface area contributed by atoms with Crippen molar-refractivity contribution in [2.24, 2.45) is 22.2 Å². The molecule has 4 unspecified atom stereocenters. The van der Waals surface area contributed by atoms with Crippen molar-refractivity contribution in [1.29, 1.82) is 0 Å². The quantitative estimate of drug-likeness (QED) is 0.0425. The van der Waals surface area contributed by atoms with Gasteiger partial charge in [0.05, 0.1) is 6.04 Å². The van der Waals surface area contributed by atoms with E-state index in [1.165, 1.54) is 12.1 Å². The maximum atomic E-state index is 13.7. The molecule has 2 aromatic carbocycles. The number of nitrogens with one attached hydrogen (secondary N) is 4. The van der Waals surface area contributed by atoms with Gasteiger partial charge in [-0.2, -0.15) is 12.6 Å². The highest BCUT2D eigenvalue weighted by Crippen LogP contribution is 2.20. The summed E-state index contributed by atoms with van der Waals surface area (Å²) >= 11 is 4.05. The number of carboxylic acids is 1. The first-order valence-corrected chi connectivity index (χ1v) is 14.5. The molecule has 3 rings (SSSR count). The fourth-order valence-electron chi connectivity index (χ4n) is 4.47. The fraction of sp³-hybridized carbons (Fsp3) is 0.345. The number of aromatic amines is 1. The Balaban J connectivity index is 1.88. The van der Waals surface area contributed by atoms with Crippen LogP contribution < -0.4 is 33.2 Å². The first-order valence-electron chi connectivity index (χ1n) is 13.9. The minimum absolute atomic E-state index is 0.0119. The molecule has 15 heteroatoms. The third kappa shape index (κ3) is 9.91. The lowest BCUT2D eigenvalue weighted by Crippen LogP contribution is -2.58. The van der Waals surface area contributed by atoms with Crippen LogP contribution >= 0.6 is 12.6 Å². The van der Waals surface area contributed by atoms with Crippen LogP contribution in [0.3, 0.4) is 0 Å². The van der Waals surface area contributed by atoms with Crippen LogP contribution in [0, 0.1) is 0 Å². The Morgan fingerprint density at radius 1 is 0.886 bits per heavy atom. The summed E-state index contributed by atoms with van der Waals surface area (Å²) in [6.07, 6.45) is 2.05. The molecule has 1 aromatic heterocycles. The van der Waals surface area contributed by atoms with E-state index in [2.05, 4.69) is 38.6 Å². The number of thiol groups is 1. The van der Waals surface area contributed by atoms with E-state index < -0.39 is 47.9 Å². The number of aromatic nitrogens is 1. The summed E-state index contributed by atoms with van der Waals surface area (Å²) in [6.45, 7) is 0.171. The number of nitrogens with zero attached hydrogens (tertiary/aromatic N) is 1. The number of rotatable bonds is 16. The number of phenolic OH excluding ortho intramolecular Hbond substituents is 1. The number of hydrogen-bond acceptors (Lipinski definition) is 8. The third-order valence-corrected chi connectivity index (χ3v) is 7.23. The number of guanidine groups is 1. The maximum absolute atomic E-state index is 13.7. The van der Waals surface area contributed by atoms with E-state index in [1.807, 2.05) is 24.3 Å². The van der Waals surface area contributed by atoms with Crippen LogP contribution in [0.4, 0.5) is 0 Å². The zero-order valence-corrected chi connectivity index (χ0v) is 24.8. The minimum Gasteiger partial charge on any atom is -0.508 e. The van der Waals surface area contributed by atoms with Gasteiger partial charge in [-0.3, -0.25) is 19.4 Å². The fourth-order valence-corrected chi connectivity index (χ4v) is 4.64. The Labute approximate surface area is 259 Å². The lowest BCUT2D eigenvalue weighted by Gasteiger charge is -2.25. The molecular weight excluding hydrogens is 588 g/mol. The van der Waals surface area contributed by atoms with E-state index in [0.29, 0.717) is 11.1 Å². The van der Waals surface area contributed by atoms with E-state index in [4.69, 9.17) is 17.2 Å². The van der Waals surface area contributed by atoms with Crippen molar-refractivity contribution in [3.8, 4) is 5.75 Å². The molecule has 0 saturated heterocycles. The monoisotopic (exact) mass is 626 g/mol. The summed E-state index contributed by atoms with van der Waals surface area (Å²) in [5, 5.41) is 28.1. The SMILES string of the molecule is NC(N)=NCCCC(NC(=O)C(Cc1c[nH]c2ccccc12)NC(=O)C(Cc1ccc(O)cc1)NC(=O)C(N)CS)C(=O)O. The van der Waals surface area contributed by atoms with Gasteiger partial charge in [0, 0.05) is 42.2 Å². The van der Waals surface area contributed by atoms with E-state index in [-0.39, 0.29) is 49.7 Å². The number of carbonyl (C=O) groups is 4. The number of carbonyl (C=O) groups excluding carboxylic acids is 3. The van der Waals surface area contributed by atoms with Crippen LogP contribution in [-0.4, -0.2) is 81.3 Å². The van der Waals surface area contributed by atoms with Crippen molar-refractivity contribution < 1.29 is 29.4 Å². The van der Waals surface area contributed by atoms with Crippen molar-refractivity contribution in [1.82, 2.24) is 20.9 Å². The number of fused-ring (bicyclic) bond motifs is 1. The second kappa shape index (κ2) is 16.2. The van der Waals surface area contributed by atoms with Gasteiger partial charge in [0.15, 0.2) is 5.96 Å². The van der Waals surface area contributed by atoms with Crippen LogP contribution in [0.25, 0.3) is 10.9 Å². The first-order chi connectivity index (χ1) is 21.0. The number of phenols is 1. The maximum Gasteiger partial charge on any atom is 0.326 e. The molecular formula is C29H38N8O6S. The van der Waals surface area contributed by atoms with Crippen LogP contribution in [0.2, 0.25) is 0 Å². The first kappa shape index (κ1) is 33.7. The summed E-state index contributed by atoms with van der Waals surface area (Å²) in [4.78, 5) is 58.9. The number of H-pyrrole nitrogens is 1. The molecule has 3 aromatic rings. The number of para-hydroxylation sites is 1. The van der Waals surface area contributed by atoms with Crippen LogP contribution in [-0.2, 0) is 32.0 Å². The van der Waals surface area contributed by atoms with Gasteiger partial charge in [-0.15, -0.1) is 0 Å². The number of amides is 3. The number of nitrogens with two attached hydrogens (primary N) is 3. The smallest absolute Gasteiger partial charge is 0.326 e. The molecule has 14 nitrogen and oxygen atoms in total. The van der Waals surface area contributed by atoms with E-state index >= 15 is 0 Å². The zero-order valence-electron chi connectivity index (χ0n) is 23.9. The zero-order chi connectivity index (χ0) is 32.2. The molecule has 0 aliphatic carbocycles. The van der Waals surface area contributed by atoms with Gasteiger partial charge in [-0.25, -0.2) is 4.79 Å². The third-order valence-electron chi connectivity index (χ3n) is 6.83. The minimum atomic E-state index is -1.28. The highest BCUT2D eigenvalue weighted by Gasteiger charge is 2.31. The molecule has 4 atom stereocenters. The van der Waals surface area contributed by atoms with Gasteiger partial charge in [0.25, 0.3) is 0 Å². The molecule has 0 fully saturated rings. The lowest BCUT2D eigenvalue weighted by molar-refractivity contribution is -0.142. The summed E-state index contributed by atoms with van der Waals surface area (Å²) < 4.78 is 0. The Morgan fingerprint density at radius 3 is 2.14 bits per heavy atom. The van der Waals surface area contributed by atoms with E-state index in [1.54, 1.807) is 18.3 Å². The molecule has 0 aliphatic rings. The molecule has 3 amide bonds. The van der Waals surface area contributed by atoms with Crippen molar-refractivity contribution in [3.63, 3.8) is 0 Å². The average molecular weight is 627 g/mol. The Morgan fingerprint density at radius 2 is 1.50 bits per heavy atom. The normalized spacial score (nSPS) is 13.7. The summed E-state index contributed by atoms with van der Waals surface area (Å²) in [5.41, 5.74) is 18.6. The van der Waals surface area contributed by atoms with Crippen molar-refractivity contribution in [3.05, 3.63) is 65.9 Å². The number of aromatic hydroxyl groups is 1. The Kier molecular flexibility index (Phi) is 12.4. The Bertz CT molecular complexity index is 1470. The molecule has 1 heterocycles. The topological polar surface area (TPSA) is 251 Å². The van der Waals surface area contributed by atoms with Crippen molar-refractivity contribution in [2.45, 2.75) is 49.9 Å². The summed E-state index contributed by atoms with van der Waals surface area (Å²) in [5.74, 6) is -3.40. The standard InChI is InChI=1S/C29H38N8O6S/c30-20(15-44)25(39)36-23(12-16-7-9-18(38)10-8-16)26(40)37-24(13-17-14-34-21-5-2-1-4-19(17)21)27(41)35-22(28(42)43)6-3-11-33-29(31)32/h1-2,4-5,7-10,14,20,22-24,34,38,44H,3,6,11-13,15,30H2,(H,35,41)(H,36,39)(H,37,40)(H,42,43)(H4,31,32,33). The van der Waals surface area contributed by atoms with Gasteiger partial charge in [0.2, 0.25) is 17.7 Å². The second-order valence-corrected chi connectivity index (χ2v) is 10.6. The van der Waals surface area contributed by atoms with Gasteiger partial charge >= 0.3 is 5.97 Å². The molecule has 0 radical (unpaired) electrons. The lowest BCUT2D eigenvalue weighted by atomic mass is 10.0. The number of aliphatic imine (C=N–C) groups is 1. The second-order valence-electron chi connectivity index (χ2n) is 10.2. The average Bonchev–Trinajstić information content (AvgIpc) is 3.40. The number of carboxylic acid groups (broad SMARTS) is 1. The Hall–Kier alpha value is -4.76. The van der Waals surface area contributed by atoms with Gasteiger partial charge in [-0.1, -0.05) is 30.3 Å². The van der Waals surface area contributed by atoms with E-state index in [9.17, 15) is 29.4 Å². The molecule has 236 valence electrons. The van der Waals surface area contributed by atoms with Gasteiger partial charge in [0.1, 0.15) is 23.9 Å². The predicted molar refractivity (Wildman–Crippen MR) is 169 cm³/mol. The largest absolute Gasteiger partial charge is 0.508 e. The molecule has 0 spiro atoms. The predicted octanol–water partition coefficient (Wildman–Crippen LogP) is -0.492. The van der Waals surface area contributed by atoms with Crippen LogP contribution in [0.1, 0.15) is 24.0 Å². The van der Waals surface area contributed by atoms with Crippen LogP contribution in [0.15, 0.2) is 59.7 Å².